The van der Waals surface area contributed by atoms with Crippen molar-refractivity contribution < 1.29 is 9.90 Å². The van der Waals surface area contributed by atoms with Crippen LogP contribution in [-0.4, -0.2) is 33.6 Å². The quantitative estimate of drug-likeness (QED) is 0.885. The van der Waals surface area contributed by atoms with E-state index in [1.165, 1.54) is 6.33 Å². The number of hydrogen-bond donors (Lipinski definition) is 1. The van der Waals surface area contributed by atoms with Crippen LogP contribution >= 0.6 is 0 Å². The van der Waals surface area contributed by atoms with Gasteiger partial charge in [-0.25, -0.2) is 14.8 Å². The summed E-state index contributed by atoms with van der Waals surface area (Å²) >= 11 is 0. The zero-order valence-corrected chi connectivity index (χ0v) is 10.8. The molecule has 1 N–H and O–H groups in total. The number of carboxylic acids is 1. The molecule has 98 valence electrons. The molecule has 5 nitrogen and oxygen atoms in total. The summed E-state index contributed by atoms with van der Waals surface area (Å²) in [6.07, 6.45) is 4.27. The maximum Gasteiger partial charge on any atom is 0.326 e. The fourth-order valence-electron chi connectivity index (χ4n) is 2.51. The summed E-state index contributed by atoms with van der Waals surface area (Å²) in [7, 11) is 0. The molecule has 0 aliphatic carbocycles. The van der Waals surface area contributed by atoms with Crippen molar-refractivity contribution in [2.75, 3.05) is 11.4 Å². The van der Waals surface area contributed by atoms with Gasteiger partial charge in [0.2, 0.25) is 0 Å². The van der Waals surface area contributed by atoms with E-state index >= 15 is 0 Å². The van der Waals surface area contributed by atoms with Gasteiger partial charge in [-0.05, 0) is 25.7 Å². The molecule has 1 saturated heterocycles. The van der Waals surface area contributed by atoms with Crippen molar-refractivity contribution in [1.82, 2.24) is 9.97 Å². The third-order valence-electron chi connectivity index (χ3n) is 3.66. The number of carbonyl (C=O) groups is 1. The first-order valence-corrected chi connectivity index (χ1v) is 6.40. The highest BCUT2D eigenvalue weighted by molar-refractivity contribution is 5.78. The summed E-state index contributed by atoms with van der Waals surface area (Å²) in [6.45, 7) is 4.76. The smallest absolute Gasteiger partial charge is 0.326 e. The van der Waals surface area contributed by atoms with Crippen molar-refractivity contribution in [2.24, 2.45) is 5.92 Å². The molecule has 2 atom stereocenters. The third-order valence-corrected chi connectivity index (χ3v) is 3.66. The fraction of sp³-hybridized carbons (Fsp3) is 0.615. The minimum absolute atomic E-state index is 0.460. The molecule has 5 heteroatoms. The number of nitrogens with zero attached hydrogens (tertiary/aromatic N) is 3. The van der Waals surface area contributed by atoms with Crippen molar-refractivity contribution in [3.8, 4) is 0 Å². The molecule has 0 radical (unpaired) electrons. The lowest BCUT2D eigenvalue weighted by atomic mass is 9.89. The van der Waals surface area contributed by atoms with E-state index in [1.807, 2.05) is 17.9 Å². The molecule has 1 fully saturated rings. The largest absolute Gasteiger partial charge is 0.480 e. The predicted molar refractivity (Wildman–Crippen MR) is 68.6 cm³/mol. The van der Waals surface area contributed by atoms with Crippen LogP contribution in [0.25, 0.3) is 0 Å². The number of aliphatic carboxylic acids is 1. The molecular weight excluding hydrogens is 230 g/mol. The predicted octanol–water partition coefficient (Wildman–Crippen LogP) is 1.86. The SMILES string of the molecule is CCC1CCN(c2cc(C)ncn2)C(C(=O)O)C1. The van der Waals surface area contributed by atoms with E-state index in [1.54, 1.807) is 0 Å². The number of carboxylic acid groups (broad SMARTS) is 1. The molecule has 0 aromatic carbocycles. The standard InChI is InChI=1S/C13H19N3O2/c1-3-10-4-5-16(11(7-10)13(17)18)12-6-9(2)14-8-15-12/h6,8,10-11H,3-5,7H2,1-2H3,(H,17,18). The summed E-state index contributed by atoms with van der Waals surface area (Å²) in [5.74, 6) is 0.471. The first-order valence-electron chi connectivity index (χ1n) is 6.40. The average Bonchev–Trinajstić information content (AvgIpc) is 2.38. The molecule has 1 aromatic heterocycles. The Kier molecular flexibility index (Phi) is 3.79. The Morgan fingerprint density at radius 3 is 2.94 bits per heavy atom. The molecule has 1 aliphatic rings. The normalized spacial score (nSPS) is 24.0. The van der Waals surface area contributed by atoms with Crippen LogP contribution in [0, 0.1) is 12.8 Å². The first-order chi connectivity index (χ1) is 8.61. The zero-order valence-electron chi connectivity index (χ0n) is 10.8. The van der Waals surface area contributed by atoms with Gasteiger partial charge >= 0.3 is 5.97 Å². The van der Waals surface area contributed by atoms with E-state index < -0.39 is 12.0 Å². The Bertz CT molecular complexity index is 436. The minimum Gasteiger partial charge on any atom is -0.480 e. The molecule has 2 rings (SSSR count). The average molecular weight is 249 g/mol. The third kappa shape index (κ3) is 2.60. The summed E-state index contributed by atoms with van der Waals surface area (Å²) in [5, 5.41) is 9.37. The van der Waals surface area contributed by atoms with Crippen LogP contribution in [0.15, 0.2) is 12.4 Å². The first kappa shape index (κ1) is 12.8. The van der Waals surface area contributed by atoms with Gasteiger partial charge in [-0.15, -0.1) is 0 Å². The highest BCUT2D eigenvalue weighted by Crippen LogP contribution is 2.28. The minimum atomic E-state index is -0.760. The van der Waals surface area contributed by atoms with E-state index in [0.717, 1.165) is 30.9 Å². The van der Waals surface area contributed by atoms with Crippen LogP contribution in [0.4, 0.5) is 5.82 Å². The summed E-state index contributed by atoms with van der Waals surface area (Å²) in [6, 6.07) is 1.39. The molecule has 18 heavy (non-hydrogen) atoms. The van der Waals surface area contributed by atoms with Crippen LogP contribution in [0.3, 0.4) is 0 Å². The van der Waals surface area contributed by atoms with Crippen LogP contribution < -0.4 is 4.90 Å². The fourth-order valence-corrected chi connectivity index (χ4v) is 2.51. The van der Waals surface area contributed by atoms with Gasteiger partial charge in [-0.2, -0.15) is 0 Å². The second-order valence-corrected chi connectivity index (χ2v) is 4.86. The highest BCUT2D eigenvalue weighted by Gasteiger charge is 2.33. The number of rotatable bonds is 3. The highest BCUT2D eigenvalue weighted by atomic mass is 16.4. The van der Waals surface area contributed by atoms with E-state index in [-0.39, 0.29) is 0 Å². The van der Waals surface area contributed by atoms with Crippen LogP contribution in [0.1, 0.15) is 31.9 Å². The second-order valence-electron chi connectivity index (χ2n) is 4.86. The number of hydrogen-bond acceptors (Lipinski definition) is 4. The summed E-state index contributed by atoms with van der Waals surface area (Å²) in [4.78, 5) is 21.5. The Labute approximate surface area is 107 Å². The topological polar surface area (TPSA) is 66.3 Å². The Morgan fingerprint density at radius 2 is 2.33 bits per heavy atom. The van der Waals surface area contributed by atoms with Gasteiger partial charge in [0, 0.05) is 18.3 Å². The van der Waals surface area contributed by atoms with E-state index in [4.69, 9.17) is 0 Å². The van der Waals surface area contributed by atoms with Gasteiger partial charge < -0.3 is 10.0 Å². The Morgan fingerprint density at radius 1 is 1.56 bits per heavy atom. The monoisotopic (exact) mass is 249 g/mol. The van der Waals surface area contributed by atoms with E-state index in [2.05, 4.69) is 16.9 Å². The lowest BCUT2D eigenvalue weighted by Crippen LogP contribution is -2.47. The molecule has 2 heterocycles. The summed E-state index contributed by atoms with van der Waals surface area (Å²) in [5.41, 5.74) is 0.863. The van der Waals surface area contributed by atoms with Gasteiger partial charge in [0.25, 0.3) is 0 Å². The lowest BCUT2D eigenvalue weighted by molar-refractivity contribution is -0.139. The second kappa shape index (κ2) is 5.33. The molecule has 0 amide bonds. The van der Waals surface area contributed by atoms with E-state index in [9.17, 15) is 9.90 Å². The Hall–Kier alpha value is -1.65. The lowest BCUT2D eigenvalue weighted by Gasteiger charge is -2.37. The molecule has 1 aromatic rings. The maximum absolute atomic E-state index is 11.4. The van der Waals surface area contributed by atoms with Crippen molar-refractivity contribution >= 4 is 11.8 Å². The van der Waals surface area contributed by atoms with Crippen molar-refractivity contribution in [2.45, 2.75) is 39.2 Å². The number of aryl methyl sites for hydroxylation is 1. The Balaban J connectivity index is 2.23. The van der Waals surface area contributed by atoms with Gasteiger partial charge in [-0.3, -0.25) is 0 Å². The number of aromatic nitrogens is 2. The zero-order chi connectivity index (χ0) is 13.1. The van der Waals surface area contributed by atoms with Gasteiger partial charge in [-0.1, -0.05) is 13.3 Å². The molecular formula is C13H19N3O2. The van der Waals surface area contributed by atoms with Crippen molar-refractivity contribution in [1.29, 1.82) is 0 Å². The summed E-state index contributed by atoms with van der Waals surface area (Å²) < 4.78 is 0. The number of piperidine rings is 1. The molecule has 1 aliphatic heterocycles. The maximum atomic E-state index is 11.4. The van der Waals surface area contributed by atoms with Crippen LogP contribution in [0.5, 0.6) is 0 Å². The van der Waals surface area contributed by atoms with Gasteiger partial charge in [0.1, 0.15) is 18.2 Å². The van der Waals surface area contributed by atoms with Gasteiger partial charge in [0.15, 0.2) is 0 Å². The number of anilines is 1. The van der Waals surface area contributed by atoms with Crippen molar-refractivity contribution in [3.05, 3.63) is 18.1 Å². The van der Waals surface area contributed by atoms with Crippen LogP contribution in [0.2, 0.25) is 0 Å². The molecule has 0 saturated carbocycles. The molecule has 2 unspecified atom stereocenters. The molecule has 0 spiro atoms. The molecule has 0 bridgehead atoms. The van der Waals surface area contributed by atoms with Crippen LogP contribution in [-0.2, 0) is 4.79 Å². The van der Waals surface area contributed by atoms with Crippen molar-refractivity contribution in [3.63, 3.8) is 0 Å². The van der Waals surface area contributed by atoms with Gasteiger partial charge in [0.05, 0.1) is 0 Å². The van der Waals surface area contributed by atoms with E-state index in [0.29, 0.717) is 12.3 Å².